The van der Waals surface area contributed by atoms with Gasteiger partial charge in [-0.25, -0.2) is 0 Å². The molecule has 0 spiro atoms. The van der Waals surface area contributed by atoms with E-state index in [1.165, 1.54) is 0 Å². The second-order valence-electron chi connectivity index (χ2n) is 4.59. The highest BCUT2D eigenvalue weighted by molar-refractivity contribution is 5.76. The van der Waals surface area contributed by atoms with E-state index < -0.39 is 0 Å². The van der Waals surface area contributed by atoms with Crippen LogP contribution in [-0.2, 0) is 4.79 Å². The maximum absolute atomic E-state index is 11.8. The number of carbonyl (C=O) groups excluding carboxylic acids is 1. The van der Waals surface area contributed by atoms with E-state index in [9.17, 15) is 4.79 Å². The van der Waals surface area contributed by atoms with Gasteiger partial charge in [0.15, 0.2) is 0 Å². The molecular weight excluding hydrogens is 228 g/mol. The summed E-state index contributed by atoms with van der Waals surface area (Å²) in [6.45, 7) is 1.79. The van der Waals surface area contributed by atoms with Crippen LogP contribution in [0.3, 0.4) is 0 Å². The normalized spacial score (nSPS) is 14.0. The van der Waals surface area contributed by atoms with E-state index in [-0.39, 0.29) is 24.6 Å². The van der Waals surface area contributed by atoms with Crippen LogP contribution in [0.1, 0.15) is 31.4 Å². The molecule has 2 unspecified atom stereocenters. The molecule has 0 aliphatic rings. The van der Waals surface area contributed by atoms with E-state index in [1.807, 2.05) is 37.3 Å². The lowest BCUT2D eigenvalue weighted by molar-refractivity contribution is -0.132. The highest BCUT2D eigenvalue weighted by atomic mass is 16.3. The van der Waals surface area contributed by atoms with Gasteiger partial charge in [-0.15, -0.1) is 0 Å². The van der Waals surface area contributed by atoms with Crippen molar-refractivity contribution in [3.8, 4) is 0 Å². The molecular formula is C14H22N2O2. The van der Waals surface area contributed by atoms with Gasteiger partial charge in [-0.1, -0.05) is 30.3 Å². The van der Waals surface area contributed by atoms with Crippen LogP contribution < -0.4 is 5.73 Å². The molecule has 1 amide bonds. The second kappa shape index (κ2) is 7.13. The lowest BCUT2D eigenvalue weighted by atomic mass is 10.0. The third kappa shape index (κ3) is 4.13. The number of rotatable bonds is 6. The van der Waals surface area contributed by atoms with Gasteiger partial charge in [-0.3, -0.25) is 4.79 Å². The van der Waals surface area contributed by atoms with Gasteiger partial charge in [0.2, 0.25) is 5.91 Å². The summed E-state index contributed by atoms with van der Waals surface area (Å²) in [7, 11) is 1.71. The first-order valence-electron chi connectivity index (χ1n) is 6.23. The Morgan fingerprint density at radius 2 is 2.00 bits per heavy atom. The highest BCUT2D eigenvalue weighted by Gasteiger charge is 2.16. The number of carbonyl (C=O) groups is 1. The highest BCUT2D eigenvalue weighted by Crippen LogP contribution is 2.16. The third-order valence-corrected chi connectivity index (χ3v) is 3.22. The number of hydrogen-bond acceptors (Lipinski definition) is 3. The zero-order valence-electron chi connectivity index (χ0n) is 11.0. The van der Waals surface area contributed by atoms with Crippen molar-refractivity contribution in [3.05, 3.63) is 35.9 Å². The van der Waals surface area contributed by atoms with Gasteiger partial charge in [0, 0.05) is 19.5 Å². The molecule has 3 N–H and O–H groups in total. The Labute approximate surface area is 108 Å². The largest absolute Gasteiger partial charge is 0.394 e. The van der Waals surface area contributed by atoms with Gasteiger partial charge >= 0.3 is 0 Å². The van der Waals surface area contributed by atoms with E-state index >= 15 is 0 Å². The zero-order chi connectivity index (χ0) is 13.5. The van der Waals surface area contributed by atoms with Crippen molar-refractivity contribution in [1.82, 2.24) is 4.90 Å². The van der Waals surface area contributed by atoms with Crippen molar-refractivity contribution >= 4 is 5.91 Å². The SMILES string of the molecule is CC(CO)N(C)C(=O)CCC(N)c1ccccc1. The average Bonchev–Trinajstić information content (AvgIpc) is 2.43. The minimum atomic E-state index is -0.148. The van der Waals surface area contributed by atoms with E-state index in [4.69, 9.17) is 10.8 Å². The number of amides is 1. The summed E-state index contributed by atoms with van der Waals surface area (Å²) in [6, 6.07) is 9.50. The first-order chi connectivity index (χ1) is 8.56. The van der Waals surface area contributed by atoms with Crippen molar-refractivity contribution in [2.45, 2.75) is 31.8 Å². The van der Waals surface area contributed by atoms with Gasteiger partial charge < -0.3 is 15.7 Å². The summed E-state index contributed by atoms with van der Waals surface area (Å²) >= 11 is 0. The summed E-state index contributed by atoms with van der Waals surface area (Å²) < 4.78 is 0. The van der Waals surface area contributed by atoms with Crippen molar-refractivity contribution in [2.24, 2.45) is 5.73 Å². The molecule has 2 atom stereocenters. The zero-order valence-corrected chi connectivity index (χ0v) is 11.0. The van der Waals surface area contributed by atoms with Gasteiger partial charge in [-0.2, -0.15) is 0 Å². The lowest BCUT2D eigenvalue weighted by Crippen LogP contribution is -2.37. The van der Waals surface area contributed by atoms with Crippen LogP contribution in [-0.4, -0.2) is 35.6 Å². The van der Waals surface area contributed by atoms with Crippen LogP contribution in [0.15, 0.2) is 30.3 Å². The summed E-state index contributed by atoms with van der Waals surface area (Å²) in [4.78, 5) is 13.4. The Morgan fingerprint density at radius 3 is 2.56 bits per heavy atom. The first-order valence-corrected chi connectivity index (χ1v) is 6.23. The van der Waals surface area contributed by atoms with Gasteiger partial charge in [0.1, 0.15) is 0 Å². The standard InChI is InChI=1S/C14H22N2O2/c1-11(10-17)16(2)14(18)9-8-13(15)12-6-4-3-5-7-12/h3-7,11,13,17H,8-10,15H2,1-2H3. The molecule has 1 rings (SSSR count). The molecule has 4 heteroatoms. The fraction of sp³-hybridized carbons (Fsp3) is 0.500. The van der Waals surface area contributed by atoms with Crippen LogP contribution in [0.25, 0.3) is 0 Å². The molecule has 100 valence electrons. The quantitative estimate of drug-likeness (QED) is 0.800. The Kier molecular flexibility index (Phi) is 5.82. The Hall–Kier alpha value is -1.39. The van der Waals surface area contributed by atoms with Crippen LogP contribution in [0.2, 0.25) is 0 Å². The predicted octanol–water partition coefficient (Wildman–Crippen LogP) is 1.31. The number of nitrogens with two attached hydrogens (primary N) is 1. The molecule has 1 aromatic rings. The van der Waals surface area contributed by atoms with Crippen LogP contribution in [0.4, 0.5) is 0 Å². The lowest BCUT2D eigenvalue weighted by Gasteiger charge is -2.23. The van der Waals surface area contributed by atoms with Crippen molar-refractivity contribution in [3.63, 3.8) is 0 Å². The fourth-order valence-corrected chi connectivity index (χ4v) is 1.69. The summed E-state index contributed by atoms with van der Waals surface area (Å²) in [6.07, 6.45) is 1.02. The Bertz CT molecular complexity index is 367. The maximum Gasteiger partial charge on any atom is 0.222 e. The number of aliphatic hydroxyl groups is 1. The monoisotopic (exact) mass is 250 g/mol. The van der Waals surface area contributed by atoms with E-state index in [2.05, 4.69) is 0 Å². The van der Waals surface area contributed by atoms with Crippen LogP contribution >= 0.6 is 0 Å². The molecule has 0 fully saturated rings. The molecule has 0 aliphatic heterocycles. The number of likely N-dealkylation sites (N-methyl/N-ethyl adjacent to an activating group) is 1. The van der Waals surface area contributed by atoms with E-state index in [0.29, 0.717) is 12.8 Å². The van der Waals surface area contributed by atoms with Gasteiger partial charge in [-0.05, 0) is 18.9 Å². The number of benzene rings is 1. The molecule has 4 nitrogen and oxygen atoms in total. The number of hydrogen-bond donors (Lipinski definition) is 2. The minimum Gasteiger partial charge on any atom is -0.394 e. The van der Waals surface area contributed by atoms with E-state index in [1.54, 1.807) is 11.9 Å². The van der Waals surface area contributed by atoms with Crippen molar-refractivity contribution < 1.29 is 9.90 Å². The summed E-state index contributed by atoms with van der Waals surface area (Å²) in [5.74, 6) is 0.0166. The maximum atomic E-state index is 11.8. The van der Waals surface area contributed by atoms with Gasteiger partial charge in [0.25, 0.3) is 0 Å². The predicted molar refractivity (Wildman–Crippen MR) is 71.9 cm³/mol. The minimum absolute atomic E-state index is 0.0166. The van der Waals surface area contributed by atoms with Crippen LogP contribution in [0, 0.1) is 0 Å². The topological polar surface area (TPSA) is 66.6 Å². The van der Waals surface area contributed by atoms with Gasteiger partial charge in [0.05, 0.1) is 12.6 Å². The molecule has 0 aliphatic carbocycles. The fourth-order valence-electron chi connectivity index (χ4n) is 1.69. The molecule has 0 aromatic heterocycles. The molecule has 0 heterocycles. The molecule has 18 heavy (non-hydrogen) atoms. The van der Waals surface area contributed by atoms with Crippen molar-refractivity contribution in [2.75, 3.05) is 13.7 Å². The average molecular weight is 250 g/mol. The second-order valence-corrected chi connectivity index (χ2v) is 4.59. The third-order valence-electron chi connectivity index (χ3n) is 3.22. The number of aliphatic hydroxyl groups excluding tert-OH is 1. The van der Waals surface area contributed by atoms with Crippen LogP contribution in [0.5, 0.6) is 0 Å². The molecule has 0 radical (unpaired) electrons. The molecule has 0 saturated heterocycles. The first kappa shape index (κ1) is 14.7. The molecule has 0 saturated carbocycles. The van der Waals surface area contributed by atoms with Crippen molar-refractivity contribution in [1.29, 1.82) is 0 Å². The summed E-state index contributed by atoms with van der Waals surface area (Å²) in [5.41, 5.74) is 7.08. The number of nitrogens with zero attached hydrogens (tertiary/aromatic N) is 1. The Morgan fingerprint density at radius 1 is 1.39 bits per heavy atom. The Balaban J connectivity index is 2.43. The van der Waals surface area contributed by atoms with E-state index in [0.717, 1.165) is 5.56 Å². The molecule has 0 bridgehead atoms. The summed E-state index contributed by atoms with van der Waals surface area (Å²) in [5, 5.41) is 8.99. The molecule has 1 aromatic carbocycles. The smallest absolute Gasteiger partial charge is 0.222 e.